The average Bonchev–Trinajstić information content (AvgIpc) is 3.41. The number of piperidine rings is 1. The van der Waals surface area contributed by atoms with Crippen molar-refractivity contribution in [1.29, 1.82) is 0 Å². The summed E-state index contributed by atoms with van der Waals surface area (Å²) in [5.41, 5.74) is 0.00336. The first-order valence-electron chi connectivity index (χ1n) is 16.1. The Morgan fingerprint density at radius 2 is 1.52 bits per heavy atom. The van der Waals surface area contributed by atoms with Crippen LogP contribution in [0.15, 0.2) is 11.6 Å². The second-order valence-electron chi connectivity index (χ2n) is 14.5. The standard InChI is InChI=1S/C33H59N5O4/c1-21(2)20-34-29(39)25-16-14-18-38(25)31(41)24(7)19-27(22(3)4)36(11)32(42)28(33(8,9)10)35-30(40)26-15-12-13-17-37(26)23(5)6/h19,21-23,25-28H,12-18,20H2,1-11H3,(H,34,39)(H,35,40)/b24-19+/t25?,26-,27-,28?/m1/s1. The fraction of sp³-hybridized carbons (Fsp3) is 0.818. The van der Waals surface area contributed by atoms with Gasteiger partial charge >= 0.3 is 0 Å². The monoisotopic (exact) mass is 589 g/mol. The predicted molar refractivity (Wildman–Crippen MR) is 169 cm³/mol. The smallest absolute Gasteiger partial charge is 0.249 e. The summed E-state index contributed by atoms with van der Waals surface area (Å²) in [5.74, 6) is -0.187. The molecule has 2 unspecified atom stereocenters. The Kier molecular flexibility index (Phi) is 13.1. The molecule has 9 nitrogen and oxygen atoms in total. The third kappa shape index (κ3) is 9.29. The van der Waals surface area contributed by atoms with E-state index in [1.165, 1.54) is 0 Å². The molecule has 2 heterocycles. The van der Waals surface area contributed by atoms with Crippen LogP contribution in [0.25, 0.3) is 0 Å². The van der Waals surface area contributed by atoms with Crippen LogP contribution in [-0.4, -0.2) is 95.2 Å². The van der Waals surface area contributed by atoms with E-state index in [-0.39, 0.29) is 47.7 Å². The zero-order chi connectivity index (χ0) is 31.9. The summed E-state index contributed by atoms with van der Waals surface area (Å²) in [5, 5.41) is 6.10. The van der Waals surface area contributed by atoms with Crippen molar-refractivity contribution in [3.63, 3.8) is 0 Å². The Labute approximate surface area is 255 Å². The van der Waals surface area contributed by atoms with Gasteiger partial charge in [0.05, 0.1) is 12.1 Å². The molecule has 0 radical (unpaired) electrons. The molecule has 2 aliphatic rings. The van der Waals surface area contributed by atoms with Gasteiger partial charge in [0.1, 0.15) is 12.1 Å². The lowest BCUT2D eigenvalue weighted by atomic mass is 9.84. The number of amides is 4. The Morgan fingerprint density at radius 1 is 0.905 bits per heavy atom. The van der Waals surface area contributed by atoms with Crippen molar-refractivity contribution in [3.8, 4) is 0 Å². The SMILES string of the molecule is C/C(=C\[C@H](C(C)C)N(C)C(=O)C(NC(=O)[C@H]1CCCCN1C(C)C)C(C)(C)C)C(=O)N1CCCC1C(=O)NCC(C)C. The highest BCUT2D eigenvalue weighted by molar-refractivity contribution is 5.97. The van der Waals surface area contributed by atoms with Gasteiger partial charge in [-0.15, -0.1) is 0 Å². The van der Waals surface area contributed by atoms with Crippen LogP contribution in [0.4, 0.5) is 0 Å². The number of likely N-dealkylation sites (tertiary alicyclic amines) is 2. The van der Waals surface area contributed by atoms with Gasteiger partial charge in [0.15, 0.2) is 0 Å². The molecule has 0 aliphatic carbocycles. The predicted octanol–water partition coefficient (Wildman–Crippen LogP) is 3.97. The largest absolute Gasteiger partial charge is 0.354 e. The van der Waals surface area contributed by atoms with Crippen molar-refractivity contribution in [2.45, 2.75) is 132 Å². The number of hydrogen-bond acceptors (Lipinski definition) is 5. The maximum Gasteiger partial charge on any atom is 0.249 e. The first-order valence-corrected chi connectivity index (χ1v) is 16.1. The lowest BCUT2D eigenvalue weighted by molar-refractivity contribution is -0.142. The van der Waals surface area contributed by atoms with Crippen LogP contribution in [0.2, 0.25) is 0 Å². The normalized spacial score (nSPS) is 22.0. The molecule has 2 saturated heterocycles. The molecule has 0 bridgehead atoms. The van der Waals surface area contributed by atoms with Crippen molar-refractivity contribution in [2.75, 3.05) is 26.7 Å². The number of carbonyl (C=O) groups is 4. The molecular formula is C33H59N5O4. The van der Waals surface area contributed by atoms with Crippen molar-refractivity contribution >= 4 is 23.6 Å². The van der Waals surface area contributed by atoms with Crippen molar-refractivity contribution in [1.82, 2.24) is 25.3 Å². The van der Waals surface area contributed by atoms with Crippen LogP contribution in [0.1, 0.15) is 101 Å². The molecule has 0 aromatic rings. The Balaban J connectivity index is 2.25. The zero-order valence-corrected chi connectivity index (χ0v) is 28.3. The van der Waals surface area contributed by atoms with Gasteiger partial charge in [-0.05, 0) is 70.3 Å². The summed E-state index contributed by atoms with van der Waals surface area (Å²) >= 11 is 0. The van der Waals surface area contributed by atoms with Crippen LogP contribution in [-0.2, 0) is 19.2 Å². The summed E-state index contributed by atoms with van der Waals surface area (Å²) in [4.78, 5) is 59.6. The van der Waals surface area contributed by atoms with Crippen LogP contribution < -0.4 is 10.6 Å². The van der Waals surface area contributed by atoms with E-state index in [1.54, 1.807) is 23.8 Å². The molecule has 2 aliphatic heterocycles. The molecule has 0 aromatic heterocycles. The third-order valence-electron chi connectivity index (χ3n) is 8.65. The molecule has 2 rings (SSSR count). The molecule has 0 aromatic carbocycles. The van der Waals surface area contributed by atoms with Crippen LogP contribution in [0.3, 0.4) is 0 Å². The number of nitrogens with zero attached hydrogens (tertiary/aromatic N) is 3. The van der Waals surface area contributed by atoms with E-state index in [2.05, 4.69) is 29.4 Å². The minimum Gasteiger partial charge on any atom is -0.354 e. The topological polar surface area (TPSA) is 102 Å². The highest BCUT2D eigenvalue weighted by atomic mass is 16.2. The lowest BCUT2D eigenvalue weighted by Gasteiger charge is -2.41. The molecule has 9 heteroatoms. The van der Waals surface area contributed by atoms with E-state index >= 15 is 0 Å². The molecule has 2 fully saturated rings. The van der Waals surface area contributed by atoms with Crippen LogP contribution >= 0.6 is 0 Å². The van der Waals surface area contributed by atoms with E-state index in [4.69, 9.17) is 0 Å². The maximum absolute atomic E-state index is 14.1. The van der Waals surface area contributed by atoms with Gasteiger partial charge in [-0.1, -0.05) is 61.0 Å². The molecule has 4 amide bonds. The van der Waals surface area contributed by atoms with Gasteiger partial charge in [-0.2, -0.15) is 0 Å². The lowest BCUT2D eigenvalue weighted by Crippen LogP contribution is -2.60. The minimum atomic E-state index is -0.718. The molecule has 0 saturated carbocycles. The number of rotatable bonds is 11. The minimum absolute atomic E-state index is 0.0245. The molecule has 42 heavy (non-hydrogen) atoms. The summed E-state index contributed by atoms with van der Waals surface area (Å²) < 4.78 is 0. The second-order valence-corrected chi connectivity index (χ2v) is 14.5. The third-order valence-corrected chi connectivity index (χ3v) is 8.65. The van der Waals surface area contributed by atoms with E-state index in [9.17, 15) is 19.2 Å². The number of likely N-dealkylation sites (N-methyl/N-ethyl adjacent to an activating group) is 1. The van der Waals surface area contributed by atoms with Crippen LogP contribution in [0, 0.1) is 17.3 Å². The average molecular weight is 590 g/mol. The first kappa shape index (κ1) is 35.8. The Morgan fingerprint density at radius 3 is 2.07 bits per heavy atom. The van der Waals surface area contributed by atoms with Crippen molar-refractivity contribution in [3.05, 3.63) is 11.6 Å². The van der Waals surface area contributed by atoms with Gasteiger partial charge < -0.3 is 20.4 Å². The number of hydrogen-bond donors (Lipinski definition) is 2. The quantitative estimate of drug-likeness (QED) is 0.355. The Bertz CT molecular complexity index is 983. The van der Waals surface area contributed by atoms with Gasteiger partial charge in [-0.3, -0.25) is 24.1 Å². The second kappa shape index (κ2) is 15.3. The highest BCUT2D eigenvalue weighted by Crippen LogP contribution is 2.27. The van der Waals surface area contributed by atoms with E-state index in [1.807, 2.05) is 54.5 Å². The van der Waals surface area contributed by atoms with Gasteiger partial charge in [0, 0.05) is 31.8 Å². The maximum atomic E-state index is 14.1. The van der Waals surface area contributed by atoms with Crippen molar-refractivity contribution < 1.29 is 19.2 Å². The molecular weight excluding hydrogens is 530 g/mol. The van der Waals surface area contributed by atoms with Gasteiger partial charge in [-0.25, -0.2) is 0 Å². The summed E-state index contributed by atoms with van der Waals surface area (Å²) in [7, 11) is 1.76. The van der Waals surface area contributed by atoms with Gasteiger partial charge in [0.2, 0.25) is 23.6 Å². The summed E-state index contributed by atoms with van der Waals surface area (Å²) in [6.45, 7) is 22.0. The summed E-state index contributed by atoms with van der Waals surface area (Å²) in [6, 6.07) is -1.54. The fourth-order valence-electron chi connectivity index (χ4n) is 6.10. The van der Waals surface area contributed by atoms with E-state index < -0.39 is 17.5 Å². The van der Waals surface area contributed by atoms with E-state index in [0.29, 0.717) is 31.0 Å². The zero-order valence-electron chi connectivity index (χ0n) is 28.3. The first-order chi connectivity index (χ1) is 19.5. The number of nitrogens with one attached hydrogen (secondary N) is 2. The number of carbonyl (C=O) groups excluding carboxylic acids is 4. The van der Waals surface area contributed by atoms with E-state index in [0.717, 1.165) is 32.2 Å². The van der Waals surface area contributed by atoms with Crippen LogP contribution in [0.5, 0.6) is 0 Å². The molecule has 240 valence electrons. The highest BCUT2D eigenvalue weighted by Gasteiger charge is 2.40. The summed E-state index contributed by atoms with van der Waals surface area (Å²) in [6.07, 6.45) is 6.16. The Hall–Kier alpha value is -2.42. The molecule has 2 N–H and O–H groups in total. The van der Waals surface area contributed by atoms with Crippen molar-refractivity contribution in [2.24, 2.45) is 17.3 Å². The molecule has 4 atom stereocenters. The fourth-order valence-corrected chi connectivity index (χ4v) is 6.10. The van der Waals surface area contributed by atoms with Gasteiger partial charge in [0.25, 0.3) is 0 Å². The molecule has 0 spiro atoms.